The molecule has 1 atom stereocenters. The fourth-order valence-electron chi connectivity index (χ4n) is 1.29. The molecule has 4 heteroatoms. The van der Waals surface area contributed by atoms with Gasteiger partial charge >= 0.3 is 0 Å². The summed E-state index contributed by atoms with van der Waals surface area (Å²) in [6, 6.07) is 4.08. The molecule has 0 amide bonds. The summed E-state index contributed by atoms with van der Waals surface area (Å²) in [6.07, 6.45) is 0.709. The number of nitrogens with one attached hydrogen (secondary N) is 1. The van der Waals surface area contributed by atoms with E-state index in [1.165, 1.54) is 12.1 Å². The van der Waals surface area contributed by atoms with Crippen LogP contribution >= 0.6 is 0 Å². The lowest BCUT2D eigenvalue weighted by Gasteiger charge is -2.27. The Morgan fingerprint density at radius 3 is 2.62 bits per heavy atom. The number of aliphatic hydroxyl groups is 1. The molecule has 1 rings (SSSR count). The fraction of sp³-hybridized carbons (Fsp3) is 0.500. The van der Waals surface area contributed by atoms with Gasteiger partial charge < -0.3 is 10.4 Å². The second-order valence-electron chi connectivity index (χ2n) is 4.14. The van der Waals surface area contributed by atoms with E-state index in [1.807, 2.05) is 13.8 Å². The van der Waals surface area contributed by atoms with Gasteiger partial charge in [-0.25, -0.2) is 8.78 Å². The minimum absolute atomic E-state index is 0.0412. The van der Waals surface area contributed by atoms with Gasteiger partial charge in [-0.3, -0.25) is 0 Å². The van der Waals surface area contributed by atoms with Crippen LogP contribution in [0.5, 0.6) is 0 Å². The topological polar surface area (TPSA) is 32.3 Å². The Balaban J connectivity index is 2.71. The molecule has 1 aromatic rings. The summed E-state index contributed by atoms with van der Waals surface area (Å²) >= 11 is 0. The van der Waals surface area contributed by atoms with E-state index in [4.69, 9.17) is 5.11 Å². The van der Waals surface area contributed by atoms with Crippen LogP contribution in [0.25, 0.3) is 0 Å². The van der Waals surface area contributed by atoms with Crippen molar-refractivity contribution in [2.45, 2.75) is 32.4 Å². The summed E-state index contributed by atoms with van der Waals surface area (Å²) in [4.78, 5) is 0. The quantitative estimate of drug-likeness (QED) is 0.811. The largest absolute Gasteiger partial charge is 0.394 e. The second-order valence-corrected chi connectivity index (χ2v) is 4.14. The Kier molecular flexibility index (Phi) is 4.38. The summed E-state index contributed by atoms with van der Waals surface area (Å²) in [5.41, 5.74) is -0.188. The third kappa shape index (κ3) is 3.00. The van der Waals surface area contributed by atoms with Crippen LogP contribution in [0.1, 0.15) is 25.8 Å². The van der Waals surface area contributed by atoms with E-state index in [2.05, 4.69) is 5.32 Å². The first-order chi connectivity index (χ1) is 7.52. The number of hydrogen-bond acceptors (Lipinski definition) is 2. The molecule has 0 saturated carbocycles. The van der Waals surface area contributed by atoms with Gasteiger partial charge in [0, 0.05) is 17.6 Å². The number of rotatable bonds is 5. The standard InChI is InChI=1S/C12H17F2NO/c1-3-12(2,8-16)15-7-9-5-4-6-10(13)11(9)14/h4-6,15-16H,3,7-8H2,1-2H3/t12-/m0/s1. The minimum Gasteiger partial charge on any atom is -0.394 e. The fourth-order valence-corrected chi connectivity index (χ4v) is 1.29. The zero-order valence-electron chi connectivity index (χ0n) is 9.56. The molecule has 16 heavy (non-hydrogen) atoms. The van der Waals surface area contributed by atoms with Gasteiger partial charge in [-0.2, -0.15) is 0 Å². The van der Waals surface area contributed by atoms with E-state index in [-0.39, 0.29) is 18.7 Å². The molecule has 0 heterocycles. The van der Waals surface area contributed by atoms with E-state index >= 15 is 0 Å². The summed E-state index contributed by atoms with van der Waals surface area (Å²) < 4.78 is 26.2. The van der Waals surface area contributed by atoms with Gasteiger partial charge in [0.1, 0.15) is 0 Å². The van der Waals surface area contributed by atoms with E-state index in [0.717, 1.165) is 6.07 Å². The maximum absolute atomic E-state index is 13.3. The van der Waals surface area contributed by atoms with Gasteiger partial charge in [-0.15, -0.1) is 0 Å². The summed E-state index contributed by atoms with van der Waals surface area (Å²) in [5.74, 6) is -1.67. The van der Waals surface area contributed by atoms with Crippen LogP contribution in [0, 0.1) is 11.6 Å². The molecule has 0 aliphatic rings. The van der Waals surface area contributed by atoms with Crippen molar-refractivity contribution in [1.82, 2.24) is 5.32 Å². The molecule has 2 nitrogen and oxygen atoms in total. The predicted molar refractivity (Wildman–Crippen MR) is 59.0 cm³/mol. The molecule has 0 aliphatic heterocycles. The van der Waals surface area contributed by atoms with E-state index in [9.17, 15) is 8.78 Å². The van der Waals surface area contributed by atoms with Gasteiger partial charge in [0.15, 0.2) is 11.6 Å². The number of hydrogen-bond donors (Lipinski definition) is 2. The van der Waals surface area contributed by atoms with Gasteiger partial charge in [-0.1, -0.05) is 19.1 Å². The number of halogens is 2. The average Bonchev–Trinajstić information content (AvgIpc) is 2.31. The van der Waals surface area contributed by atoms with Crippen molar-refractivity contribution < 1.29 is 13.9 Å². The second kappa shape index (κ2) is 5.37. The lowest BCUT2D eigenvalue weighted by atomic mass is 10.00. The van der Waals surface area contributed by atoms with Gasteiger partial charge in [0.2, 0.25) is 0 Å². The Morgan fingerprint density at radius 1 is 1.38 bits per heavy atom. The molecule has 0 unspecified atom stereocenters. The Hall–Kier alpha value is -1.00. The maximum atomic E-state index is 13.3. The molecule has 0 radical (unpaired) electrons. The van der Waals surface area contributed by atoms with Crippen molar-refractivity contribution in [3.05, 3.63) is 35.4 Å². The highest BCUT2D eigenvalue weighted by Gasteiger charge is 2.20. The van der Waals surface area contributed by atoms with Gasteiger partial charge in [0.05, 0.1) is 6.61 Å². The first-order valence-corrected chi connectivity index (χ1v) is 5.31. The molecule has 0 spiro atoms. The zero-order chi connectivity index (χ0) is 12.2. The van der Waals surface area contributed by atoms with Crippen molar-refractivity contribution >= 4 is 0 Å². The zero-order valence-corrected chi connectivity index (χ0v) is 9.56. The molecule has 90 valence electrons. The van der Waals surface area contributed by atoms with Crippen LogP contribution < -0.4 is 5.32 Å². The number of benzene rings is 1. The minimum atomic E-state index is -0.846. The van der Waals surface area contributed by atoms with Crippen molar-refractivity contribution in [2.24, 2.45) is 0 Å². The Morgan fingerprint density at radius 2 is 2.06 bits per heavy atom. The Labute approximate surface area is 94.3 Å². The van der Waals surface area contributed by atoms with E-state index < -0.39 is 17.2 Å². The highest BCUT2D eigenvalue weighted by molar-refractivity contribution is 5.19. The van der Waals surface area contributed by atoms with Crippen LogP contribution in [-0.4, -0.2) is 17.3 Å². The number of aliphatic hydroxyl groups excluding tert-OH is 1. The maximum Gasteiger partial charge on any atom is 0.163 e. The molecular formula is C12H17F2NO. The van der Waals surface area contributed by atoms with Crippen molar-refractivity contribution in [3.63, 3.8) is 0 Å². The molecule has 0 aromatic heterocycles. The third-order valence-electron chi connectivity index (χ3n) is 2.87. The molecule has 0 bridgehead atoms. The monoisotopic (exact) mass is 229 g/mol. The average molecular weight is 229 g/mol. The van der Waals surface area contributed by atoms with Crippen molar-refractivity contribution in [1.29, 1.82) is 0 Å². The van der Waals surface area contributed by atoms with Crippen molar-refractivity contribution in [2.75, 3.05) is 6.61 Å². The van der Waals surface area contributed by atoms with Gasteiger partial charge in [0.25, 0.3) is 0 Å². The SMILES string of the molecule is CC[C@@](C)(CO)NCc1cccc(F)c1F. The molecule has 0 saturated heterocycles. The molecular weight excluding hydrogens is 212 g/mol. The van der Waals surface area contributed by atoms with Crippen LogP contribution in [0.15, 0.2) is 18.2 Å². The first kappa shape index (κ1) is 13.1. The summed E-state index contributed by atoms with van der Waals surface area (Å²) in [6.45, 7) is 3.92. The summed E-state index contributed by atoms with van der Waals surface area (Å²) in [7, 11) is 0. The molecule has 0 fully saturated rings. The third-order valence-corrected chi connectivity index (χ3v) is 2.87. The summed E-state index contributed by atoms with van der Waals surface area (Å²) in [5, 5.41) is 12.2. The van der Waals surface area contributed by atoms with Crippen LogP contribution in [0.2, 0.25) is 0 Å². The highest BCUT2D eigenvalue weighted by Crippen LogP contribution is 2.14. The van der Waals surface area contributed by atoms with Crippen LogP contribution in [0.4, 0.5) is 8.78 Å². The normalized spacial score (nSPS) is 14.8. The lowest BCUT2D eigenvalue weighted by Crippen LogP contribution is -2.44. The Bertz CT molecular complexity index is 351. The van der Waals surface area contributed by atoms with Crippen LogP contribution in [-0.2, 0) is 6.54 Å². The highest BCUT2D eigenvalue weighted by atomic mass is 19.2. The first-order valence-electron chi connectivity index (χ1n) is 5.31. The van der Waals surface area contributed by atoms with E-state index in [0.29, 0.717) is 6.42 Å². The van der Waals surface area contributed by atoms with E-state index in [1.54, 1.807) is 0 Å². The predicted octanol–water partition coefficient (Wildman–Crippen LogP) is 2.22. The molecule has 1 aromatic carbocycles. The molecule has 0 aliphatic carbocycles. The van der Waals surface area contributed by atoms with Crippen LogP contribution in [0.3, 0.4) is 0 Å². The van der Waals surface area contributed by atoms with Gasteiger partial charge in [-0.05, 0) is 19.4 Å². The smallest absolute Gasteiger partial charge is 0.163 e. The van der Waals surface area contributed by atoms with Crippen molar-refractivity contribution in [3.8, 4) is 0 Å². The lowest BCUT2D eigenvalue weighted by molar-refractivity contribution is 0.168. The molecule has 2 N–H and O–H groups in total.